The Kier molecular flexibility index (Phi) is 3.09. The molecule has 0 aliphatic carbocycles. The van der Waals surface area contributed by atoms with Crippen LogP contribution in [0.5, 0.6) is 0 Å². The topological polar surface area (TPSA) is 37.3 Å². The van der Waals surface area contributed by atoms with Crippen molar-refractivity contribution in [2.24, 2.45) is 0 Å². The Labute approximate surface area is 81.5 Å². The highest BCUT2D eigenvalue weighted by Gasteiger charge is 2.06. The highest BCUT2D eigenvalue weighted by molar-refractivity contribution is 6.32. The van der Waals surface area contributed by atoms with Gasteiger partial charge in [0.1, 0.15) is 0 Å². The largest absolute Gasteiger partial charge is 0.481 e. The van der Waals surface area contributed by atoms with Gasteiger partial charge >= 0.3 is 5.97 Å². The molecule has 3 heteroatoms. The summed E-state index contributed by atoms with van der Waals surface area (Å²) in [7, 11) is 0. The molecule has 0 spiro atoms. The fourth-order valence-electron chi connectivity index (χ4n) is 1.03. The zero-order valence-electron chi connectivity index (χ0n) is 6.96. The van der Waals surface area contributed by atoms with Crippen LogP contribution in [-0.2, 0) is 4.79 Å². The van der Waals surface area contributed by atoms with Crippen molar-refractivity contribution in [3.8, 4) is 0 Å². The standard InChI is InChI=1S/C10H9ClO2/c1-7(6-10(12)13)8-4-2-3-5-9(8)11/h2-5H,1,6H2,(H,12,13). The molecule has 1 aromatic carbocycles. The predicted octanol–water partition coefficient (Wildman–Crippen LogP) is 2.83. The van der Waals surface area contributed by atoms with Crippen molar-refractivity contribution in [1.82, 2.24) is 0 Å². The van der Waals surface area contributed by atoms with Crippen molar-refractivity contribution in [3.05, 3.63) is 41.4 Å². The van der Waals surface area contributed by atoms with E-state index < -0.39 is 5.97 Å². The molecule has 0 aliphatic heterocycles. The molecular formula is C10H9ClO2. The second-order valence-corrected chi connectivity index (χ2v) is 3.06. The van der Waals surface area contributed by atoms with Gasteiger partial charge in [0, 0.05) is 5.02 Å². The van der Waals surface area contributed by atoms with E-state index >= 15 is 0 Å². The van der Waals surface area contributed by atoms with E-state index in [1.165, 1.54) is 0 Å². The van der Waals surface area contributed by atoms with Gasteiger partial charge in [-0.25, -0.2) is 0 Å². The van der Waals surface area contributed by atoms with Gasteiger partial charge in [0.25, 0.3) is 0 Å². The maximum Gasteiger partial charge on any atom is 0.307 e. The van der Waals surface area contributed by atoms with Crippen LogP contribution in [-0.4, -0.2) is 11.1 Å². The fraction of sp³-hybridized carbons (Fsp3) is 0.100. The first-order valence-corrected chi connectivity index (χ1v) is 4.13. The van der Waals surface area contributed by atoms with E-state index in [9.17, 15) is 4.79 Å². The summed E-state index contributed by atoms with van der Waals surface area (Å²) in [6.07, 6.45) is -0.0796. The van der Waals surface area contributed by atoms with Gasteiger partial charge in [-0.3, -0.25) is 4.79 Å². The van der Waals surface area contributed by atoms with Gasteiger partial charge < -0.3 is 5.11 Å². The van der Waals surface area contributed by atoms with Crippen LogP contribution in [0.4, 0.5) is 0 Å². The van der Waals surface area contributed by atoms with Gasteiger partial charge in [0.15, 0.2) is 0 Å². The lowest BCUT2D eigenvalue weighted by molar-refractivity contribution is -0.135. The number of carboxylic acids is 1. The molecular weight excluding hydrogens is 188 g/mol. The van der Waals surface area contributed by atoms with E-state index in [1.54, 1.807) is 24.3 Å². The van der Waals surface area contributed by atoms with Crippen molar-refractivity contribution in [2.75, 3.05) is 0 Å². The van der Waals surface area contributed by atoms with E-state index in [4.69, 9.17) is 16.7 Å². The number of carbonyl (C=O) groups is 1. The smallest absolute Gasteiger partial charge is 0.307 e. The van der Waals surface area contributed by atoms with Crippen LogP contribution < -0.4 is 0 Å². The van der Waals surface area contributed by atoms with Gasteiger partial charge in [-0.1, -0.05) is 36.4 Å². The lowest BCUT2D eigenvalue weighted by Crippen LogP contribution is -1.96. The van der Waals surface area contributed by atoms with E-state index in [0.717, 1.165) is 0 Å². The van der Waals surface area contributed by atoms with Crippen LogP contribution in [0.1, 0.15) is 12.0 Å². The molecule has 0 saturated heterocycles. The monoisotopic (exact) mass is 196 g/mol. The number of aliphatic carboxylic acids is 1. The lowest BCUT2D eigenvalue weighted by Gasteiger charge is -2.04. The first-order chi connectivity index (χ1) is 6.11. The van der Waals surface area contributed by atoms with Gasteiger partial charge in [-0.2, -0.15) is 0 Å². The predicted molar refractivity (Wildman–Crippen MR) is 52.7 cm³/mol. The normalized spacial score (nSPS) is 9.62. The fourth-order valence-corrected chi connectivity index (χ4v) is 1.30. The zero-order valence-corrected chi connectivity index (χ0v) is 7.71. The van der Waals surface area contributed by atoms with Crippen molar-refractivity contribution >= 4 is 23.1 Å². The third kappa shape index (κ3) is 2.60. The molecule has 0 saturated carbocycles. The summed E-state index contributed by atoms with van der Waals surface area (Å²) in [5, 5.41) is 9.07. The van der Waals surface area contributed by atoms with Crippen LogP contribution in [0.2, 0.25) is 5.02 Å². The van der Waals surface area contributed by atoms with Crippen LogP contribution in [0, 0.1) is 0 Å². The molecule has 0 fully saturated rings. The van der Waals surface area contributed by atoms with Crippen molar-refractivity contribution in [1.29, 1.82) is 0 Å². The number of carboxylic acid groups (broad SMARTS) is 1. The molecule has 1 aromatic rings. The summed E-state index contributed by atoms with van der Waals surface area (Å²) in [6.45, 7) is 3.66. The summed E-state index contributed by atoms with van der Waals surface area (Å²) >= 11 is 5.85. The first-order valence-electron chi connectivity index (χ1n) is 3.75. The number of hydrogen-bond donors (Lipinski definition) is 1. The average Bonchev–Trinajstić information content (AvgIpc) is 2.03. The summed E-state index contributed by atoms with van der Waals surface area (Å²) < 4.78 is 0. The van der Waals surface area contributed by atoms with Gasteiger partial charge in [0.2, 0.25) is 0 Å². The number of rotatable bonds is 3. The Balaban J connectivity index is 2.89. The number of benzene rings is 1. The van der Waals surface area contributed by atoms with Gasteiger partial charge in [-0.15, -0.1) is 0 Å². The molecule has 0 heterocycles. The van der Waals surface area contributed by atoms with Gasteiger partial charge in [0.05, 0.1) is 6.42 Å². The van der Waals surface area contributed by atoms with Crippen molar-refractivity contribution < 1.29 is 9.90 Å². The molecule has 0 atom stereocenters. The molecule has 0 unspecified atom stereocenters. The minimum atomic E-state index is -0.898. The number of hydrogen-bond acceptors (Lipinski definition) is 1. The second-order valence-electron chi connectivity index (χ2n) is 2.65. The van der Waals surface area contributed by atoms with Crippen LogP contribution >= 0.6 is 11.6 Å². The highest BCUT2D eigenvalue weighted by Crippen LogP contribution is 2.24. The lowest BCUT2D eigenvalue weighted by atomic mass is 10.1. The average molecular weight is 197 g/mol. The Hall–Kier alpha value is -1.28. The minimum absolute atomic E-state index is 0.0796. The van der Waals surface area contributed by atoms with E-state index in [1.807, 2.05) is 0 Å². The Bertz CT molecular complexity index is 345. The minimum Gasteiger partial charge on any atom is -0.481 e. The third-order valence-electron chi connectivity index (χ3n) is 1.62. The van der Waals surface area contributed by atoms with Crippen molar-refractivity contribution in [2.45, 2.75) is 6.42 Å². The van der Waals surface area contributed by atoms with Crippen LogP contribution in [0.3, 0.4) is 0 Å². The quantitative estimate of drug-likeness (QED) is 0.807. The van der Waals surface area contributed by atoms with E-state index in [2.05, 4.69) is 6.58 Å². The maximum atomic E-state index is 10.4. The Morgan fingerprint density at radius 2 is 2.08 bits per heavy atom. The summed E-state index contributed by atoms with van der Waals surface area (Å²) in [4.78, 5) is 10.4. The highest BCUT2D eigenvalue weighted by atomic mass is 35.5. The summed E-state index contributed by atoms with van der Waals surface area (Å²) in [5.74, 6) is -0.898. The molecule has 0 aromatic heterocycles. The zero-order chi connectivity index (χ0) is 9.84. The Morgan fingerprint density at radius 1 is 1.46 bits per heavy atom. The molecule has 0 bridgehead atoms. The van der Waals surface area contributed by atoms with Crippen LogP contribution in [0.25, 0.3) is 5.57 Å². The SMILES string of the molecule is C=C(CC(=O)O)c1ccccc1Cl. The molecule has 0 amide bonds. The first kappa shape index (κ1) is 9.81. The molecule has 2 nitrogen and oxygen atoms in total. The van der Waals surface area contributed by atoms with Crippen LogP contribution in [0.15, 0.2) is 30.8 Å². The number of halogens is 1. The Morgan fingerprint density at radius 3 is 2.62 bits per heavy atom. The van der Waals surface area contributed by atoms with E-state index in [-0.39, 0.29) is 6.42 Å². The third-order valence-corrected chi connectivity index (χ3v) is 1.95. The molecule has 1 rings (SSSR count). The molecule has 1 N–H and O–H groups in total. The molecule has 0 aliphatic rings. The molecule has 0 radical (unpaired) electrons. The molecule has 68 valence electrons. The maximum absolute atomic E-state index is 10.4. The summed E-state index contributed by atoms with van der Waals surface area (Å²) in [5.41, 5.74) is 1.23. The second kappa shape index (κ2) is 4.10. The molecule has 13 heavy (non-hydrogen) atoms. The van der Waals surface area contributed by atoms with Crippen molar-refractivity contribution in [3.63, 3.8) is 0 Å². The van der Waals surface area contributed by atoms with Gasteiger partial charge in [-0.05, 0) is 17.2 Å². The summed E-state index contributed by atoms with van der Waals surface area (Å²) in [6, 6.07) is 7.06. The van der Waals surface area contributed by atoms with E-state index in [0.29, 0.717) is 16.2 Å².